The molecule has 0 radical (unpaired) electrons. The highest BCUT2D eigenvalue weighted by Crippen LogP contribution is 2.36. The van der Waals surface area contributed by atoms with Gasteiger partial charge in [-0.2, -0.15) is 0 Å². The molecule has 58 heavy (non-hydrogen) atoms. The Morgan fingerprint density at radius 2 is 1.50 bits per heavy atom. The van der Waals surface area contributed by atoms with E-state index in [0.29, 0.717) is 28.6 Å². The molecule has 1 N–H and O–H groups in total. The number of methoxy groups -OCH3 is 2. The van der Waals surface area contributed by atoms with Crippen LogP contribution in [0.5, 0.6) is 0 Å². The van der Waals surface area contributed by atoms with E-state index >= 15 is 0 Å². The minimum Gasteiger partial charge on any atom is -0.461 e. The van der Waals surface area contributed by atoms with Gasteiger partial charge in [-0.3, -0.25) is 9.59 Å². The lowest BCUT2D eigenvalue weighted by molar-refractivity contribution is -0.319. The van der Waals surface area contributed by atoms with Gasteiger partial charge in [0.05, 0.1) is 24.3 Å². The van der Waals surface area contributed by atoms with Crippen LogP contribution in [0.1, 0.15) is 53.7 Å². The molecule has 2 aliphatic rings. The Bertz CT molecular complexity index is 1910. The third-order valence-corrected chi connectivity index (χ3v) is 10.5. The van der Waals surface area contributed by atoms with Crippen LogP contribution in [0.3, 0.4) is 0 Å². The van der Waals surface area contributed by atoms with Gasteiger partial charge in [0.2, 0.25) is 0 Å². The van der Waals surface area contributed by atoms with Crippen molar-refractivity contribution < 1.29 is 61.8 Å². The van der Waals surface area contributed by atoms with Gasteiger partial charge in [0.1, 0.15) is 48.6 Å². The maximum Gasteiger partial charge on any atom is 0.417 e. The lowest BCUT2D eigenvalue weighted by atomic mass is 9.98. The highest BCUT2D eigenvalue weighted by atomic mass is 79.9. The Hall–Kier alpha value is -4.45. The first-order valence-electron chi connectivity index (χ1n) is 19.0. The van der Waals surface area contributed by atoms with Gasteiger partial charge in [0, 0.05) is 34.2 Å². The lowest BCUT2D eigenvalue weighted by Gasteiger charge is -2.45. The van der Waals surface area contributed by atoms with Crippen molar-refractivity contribution in [1.29, 1.82) is 0 Å². The van der Waals surface area contributed by atoms with Crippen LogP contribution in [-0.2, 0) is 67.1 Å². The van der Waals surface area contributed by atoms with Crippen LogP contribution in [0.25, 0.3) is 0 Å². The minimum absolute atomic E-state index is 0.0385. The fourth-order valence-electron chi connectivity index (χ4n) is 7.03. The standard InChI is InChI=1S/C43H48BrNO13/c1-27(47)56-37(39(50-2)41(48)45-32(26-55-43(45)49)30-18-11-6-12-19-30)34-22-31(44)33(57-34)20-13-21-52-40-38(54-25-29-16-9-5-10-17-29)36(35(23-46)58-42(40)51-3)53-24-28-14-7-4-8-15-28/h4-12,14-19,22,32,35-40,42,46H,13,20-21,23-26H2,1-3H3. The second-order valence-electron chi connectivity index (χ2n) is 13.7. The summed E-state index contributed by atoms with van der Waals surface area (Å²) in [5.41, 5.74) is 2.59. The summed E-state index contributed by atoms with van der Waals surface area (Å²) in [4.78, 5) is 40.2. The van der Waals surface area contributed by atoms with E-state index in [0.717, 1.165) is 16.0 Å². The largest absolute Gasteiger partial charge is 0.461 e. The predicted octanol–water partition coefficient (Wildman–Crippen LogP) is 6.23. The number of amides is 2. The number of aliphatic hydroxyl groups is 1. The molecule has 2 fully saturated rings. The molecular weight excluding hydrogens is 818 g/mol. The molecule has 2 saturated heterocycles. The van der Waals surface area contributed by atoms with E-state index in [-0.39, 0.29) is 38.8 Å². The van der Waals surface area contributed by atoms with Crippen molar-refractivity contribution in [3.05, 3.63) is 130 Å². The molecule has 3 heterocycles. The number of benzene rings is 3. The zero-order chi connectivity index (χ0) is 41.0. The molecule has 4 aromatic rings. The number of carbonyl (C=O) groups excluding carboxylic acids is 3. The highest BCUT2D eigenvalue weighted by Gasteiger charge is 2.49. The first-order valence-corrected chi connectivity index (χ1v) is 19.8. The van der Waals surface area contributed by atoms with Crippen LogP contribution in [0.4, 0.5) is 4.79 Å². The van der Waals surface area contributed by atoms with Gasteiger partial charge in [-0.15, -0.1) is 0 Å². The van der Waals surface area contributed by atoms with Crippen molar-refractivity contribution in [2.45, 2.75) is 81.9 Å². The van der Waals surface area contributed by atoms with E-state index in [1.165, 1.54) is 21.1 Å². The minimum atomic E-state index is -1.44. The molecule has 0 bridgehead atoms. The molecule has 0 aliphatic carbocycles. The molecule has 8 unspecified atom stereocenters. The van der Waals surface area contributed by atoms with Crippen molar-refractivity contribution in [3.8, 4) is 0 Å². The number of aryl methyl sites for hydroxylation is 1. The summed E-state index contributed by atoms with van der Waals surface area (Å²) in [5, 5.41) is 10.4. The zero-order valence-electron chi connectivity index (χ0n) is 32.5. The number of aliphatic hydroxyl groups excluding tert-OH is 1. The molecule has 2 aliphatic heterocycles. The normalized spacial score (nSPS) is 23.0. The van der Waals surface area contributed by atoms with Crippen LogP contribution in [0.15, 0.2) is 106 Å². The SMILES string of the molecule is COC1OC(CO)C(OCc2ccccc2)C(OCc2ccccc2)C1OCCCc1oc(C(OC(C)=O)C(OC)C(=O)N2C(=O)OCC2c2ccccc2)cc1Br. The third-order valence-electron chi connectivity index (χ3n) is 9.85. The van der Waals surface area contributed by atoms with E-state index in [1.807, 2.05) is 66.7 Å². The molecule has 15 heteroatoms. The van der Waals surface area contributed by atoms with Crippen molar-refractivity contribution in [2.75, 3.05) is 34.0 Å². The fourth-order valence-corrected chi connectivity index (χ4v) is 7.53. The quantitative estimate of drug-likeness (QED) is 0.0835. The number of furan rings is 1. The van der Waals surface area contributed by atoms with Gasteiger partial charge in [-0.25, -0.2) is 9.69 Å². The van der Waals surface area contributed by atoms with Gasteiger partial charge >= 0.3 is 12.1 Å². The number of nitrogens with zero attached hydrogens (tertiary/aromatic N) is 1. The summed E-state index contributed by atoms with van der Waals surface area (Å²) in [6.07, 6.45) is -6.57. The monoisotopic (exact) mass is 865 g/mol. The van der Waals surface area contributed by atoms with Crippen molar-refractivity contribution in [2.24, 2.45) is 0 Å². The van der Waals surface area contributed by atoms with Gasteiger partial charge < -0.3 is 47.4 Å². The van der Waals surface area contributed by atoms with Crippen LogP contribution < -0.4 is 0 Å². The van der Waals surface area contributed by atoms with Gasteiger partial charge in [-0.1, -0.05) is 91.0 Å². The Morgan fingerprint density at radius 3 is 2.09 bits per heavy atom. The number of rotatable bonds is 19. The molecule has 0 spiro atoms. The Labute approximate surface area is 345 Å². The highest BCUT2D eigenvalue weighted by molar-refractivity contribution is 9.10. The number of carbonyl (C=O) groups is 3. The van der Waals surface area contributed by atoms with Crippen molar-refractivity contribution in [3.63, 3.8) is 0 Å². The van der Waals surface area contributed by atoms with E-state index in [2.05, 4.69) is 15.9 Å². The number of halogens is 1. The van der Waals surface area contributed by atoms with E-state index < -0.39 is 66.9 Å². The van der Waals surface area contributed by atoms with Gasteiger partial charge in [0.15, 0.2) is 18.5 Å². The number of cyclic esters (lactones) is 1. The Morgan fingerprint density at radius 1 is 0.879 bits per heavy atom. The topological polar surface area (TPSA) is 162 Å². The maximum absolute atomic E-state index is 14.0. The third kappa shape index (κ3) is 10.6. The number of imide groups is 1. The second kappa shape index (κ2) is 21.0. The van der Waals surface area contributed by atoms with Crippen LogP contribution in [-0.4, -0.2) is 98.8 Å². The molecule has 3 aromatic carbocycles. The molecule has 0 saturated carbocycles. The summed E-state index contributed by atoms with van der Waals surface area (Å²) in [6, 6.07) is 29.3. The lowest BCUT2D eigenvalue weighted by Crippen LogP contribution is -2.61. The first kappa shape index (κ1) is 43.1. The average molecular weight is 867 g/mol. The number of esters is 1. The molecule has 2 amide bonds. The first-order chi connectivity index (χ1) is 28.2. The molecule has 14 nitrogen and oxygen atoms in total. The summed E-state index contributed by atoms with van der Waals surface area (Å²) < 4.78 is 54.5. The van der Waals surface area contributed by atoms with Gasteiger partial charge in [-0.05, 0) is 45.1 Å². The van der Waals surface area contributed by atoms with Crippen LogP contribution in [0.2, 0.25) is 0 Å². The molecule has 310 valence electrons. The van der Waals surface area contributed by atoms with Crippen LogP contribution >= 0.6 is 15.9 Å². The second-order valence-corrected chi connectivity index (χ2v) is 14.6. The number of hydrogen-bond acceptors (Lipinski definition) is 13. The Balaban J connectivity index is 1.16. The Kier molecular flexibility index (Phi) is 15.6. The molecular formula is C43H48BrNO13. The van der Waals surface area contributed by atoms with E-state index in [4.69, 9.17) is 42.3 Å². The zero-order valence-corrected chi connectivity index (χ0v) is 34.1. The predicted molar refractivity (Wildman–Crippen MR) is 210 cm³/mol. The molecule has 6 rings (SSSR count). The summed E-state index contributed by atoms with van der Waals surface area (Å²) in [5.74, 6) is -0.824. The fraction of sp³-hybridized carbons (Fsp3) is 0.419. The smallest absolute Gasteiger partial charge is 0.417 e. The summed E-state index contributed by atoms with van der Waals surface area (Å²) >= 11 is 3.55. The van der Waals surface area contributed by atoms with E-state index in [9.17, 15) is 19.5 Å². The average Bonchev–Trinajstić information content (AvgIpc) is 3.82. The van der Waals surface area contributed by atoms with Crippen molar-refractivity contribution >= 4 is 33.9 Å². The summed E-state index contributed by atoms with van der Waals surface area (Å²) in [7, 11) is 2.79. The van der Waals surface area contributed by atoms with Gasteiger partial charge in [0.25, 0.3) is 5.91 Å². The molecule has 8 atom stereocenters. The number of ether oxygens (including phenoxy) is 8. The number of hydrogen-bond donors (Lipinski definition) is 1. The maximum atomic E-state index is 14.0. The molecule has 1 aromatic heterocycles. The van der Waals surface area contributed by atoms with Crippen molar-refractivity contribution in [1.82, 2.24) is 4.90 Å². The van der Waals surface area contributed by atoms with Crippen LogP contribution in [0, 0.1) is 0 Å². The van der Waals surface area contributed by atoms with E-state index in [1.54, 1.807) is 30.3 Å². The summed E-state index contributed by atoms with van der Waals surface area (Å²) in [6.45, 7) is 1.56.